The highest BCUT2D eigenvalue weighted by Crippen LogP contribution is 2.38. The maximum absolute atomic E-state index is 13.2. The highest BCUT2D eigenvalue weighted by molar-refractivity contribution is 5.95. The maximum atomic E-state index is 13.2. The number of amides is 1. The Morgan fingerprint density at radius 1 is 1.33 bits per heavy atom. The smallest absolute Gasteiger partial charge is 0.250 e. The Morgan fingerprint density at radius 3 is 2.92 bits per heavy atom. The van der Waals surface area contributed by atoms with Crippen LogP contribution in [0.15, 0.2) is 29.8 Å². The summed E-state index contributed by atoms with van der Waals surface area (Å²) >= 11 is 0. The van der Waals surface area contributed by atoms with Gasteiger partial charge in [0.15, 0.2) is 0 Å². The van der Waals surface area contributed by atoms with Crippen molar-refractivity contribution in [3.63, 3.8) is 0 Å². The van der Waals surface area contributed by atoms with Gasteiger partial charge in [-0.1, -0.05) is 18.2 Å². The van der Waals surface area contributed by atoms with Crippen LogP contribution in [0.5, 0.6) is 5.75 Å². The molecule has 1 amide bonds. The van der Waals surface area contributed by atoms with Crippen molar-refractivity contribution in [3.8, 4) is 5.75 Å². The Labute approximate surface area is 143 Å². The topological polar surface area (TPSA) is 41.6 Å². The number of methoxy groups -OCH3 is 1. The third-order valence-corrected chi connectivity index (χ3v) is 5.83. The average Bonchev–Trinajstić information content (AvgIpc) is 3.17. The Morgan fingerprint density at radius 2 is 2.17 bits per heavy atom. The number of nitrogens with one attached hydrogen (secondary N) is 1. The van der Waals surface area contributed by atoms with Gasteiger partial charge in [0.25, 0.3) is 0 Å². The van der Waals surface area contributed by atoms with Crippen LogP contribution in [0.1, 0.15) is 30.4 Å². The third-order valence-electron chi connectivity index (χ3n) is 5.83. The zero-order valence-corrected chi connectivity index (χ0v) is 14.5. The highest BCUT2D eigenvalue weighted by Gasteiger charge is 2.41. The molecule has 0 radical (unpaired) electrons. The second-order valence-electron chi connectivity index (χ2n) is 7.33. The van der Waals surface area contributed by atoms with Gasteiger partial charge in [0.2, 0.25) is 5.91 Å². The van der Waals surface area contributed by atoms with Gasteiger partial charge < -0.3 is 15.0 Å². The SMILES string of the molecule is COc1cccc(CN(C(=O)C2=CCC3CNCC23)C2CC2)c1C. The van der Waals surface area contributed by atoms with E-state index in [9.17, 15) is 4.79 Å². The average molecular weight is 326 g/mol. The van der Waals surface area contributed by atoms with Crippen molar-refractivity contribution in [2.45, 2.75) is 38.8 Å². The van der Waals surface area contributed by atoms with E-state index in [0.717, 1.165) is 49.2 Å². The van der Waals surface area contributed by atoms with E-state index in [-0.39, 0.29) is 5.91 Å². The predicted molar refractivity (Wildman–Crippen MR) is 93.9 cm³/mol. The van der Waals surface area contributed by atoms with Crippen molar-refractivity contribution in [2.75, 3.05) is 20.2 Å². The molecule has 1 heterocycles. The van der Waals surface area contributed by atoms with Gasteiger partial charge in [-0.25, -0.2) is 0 Å². The second kappa shape index (κ2) is 6.25. The number of fused-ring (bicyclic) bond motifs is 1. The number of carbonyl (C=O) groups excluding carboxylic acids is 1. The van der Waals surface area contributed by atoms with Crippen molar-refractivity contribution < 1.29 is 9.53 Å². The minimum atomic E-state index is 0.260. The number of hydrogen-bond acceptors (Lipinski definition) is 3. The fraction of sp³-hybridized carbons (Fsp3) is 0.550. The molecular formula is C20H26N2O2. The summed E-state index contributed by atoms with van der Waals surface area (Å²) in [6.45, 7) is 4.78. The number of rotatable bonds is 5. The molecule has 0 bridgehead atoms. The molecule has 3 aliphatic rings. The van der Waals surface area contributed by atoms with Crippen LogP contribution in [-0.2, 0) is 11.3 Å². The number of nitrogens with zero attached hydrogens (tertiary/aromatic N) is 1. The van der Waals surface area contributed by atoms with Gasteiger partial charge in [0, 0.05) is 30.6 Å². The molecule has 2 aliphatic carbocycles. The van der Waals surface area contributed by atoms with Crippen LogP contribution in [0, 0.1) is 18.8 Å². The minimum Gasteiger partial charge on any atom is -0.496 e. The summed E-state index contributed by atoms with van der Waals surface area (Å²) in [4.78, 5) is 15.3. The second-order valence-corrected chi connectivity index (χ2v) is 7.33. The van der Waals surface area contributed by atoms with E-state index < -0.39 is 0 Å². The van der Waals surface area contributed by atoms with Crippen LogP contribution in [-0.4, -0.2) is 37.0 Å². The molecule has 1 aromatic carbocycles. The van der Waals surface area contributed by atoms with Gasteiger partial charge in [-0.2, -0.15) is 0 Å². The number of ether oxygens (including phenoxy) is 1. The Bertz CT molecular complexity index is 678. The van der Waals surface area contributed by atoms with Gasteiger partial charge in [-0.3, -0.25) is 4.79 Å². The summed E-state index contributed by atoms with van der Waals surface area (Å²) in [7, 11) is 1.70. The zero-order chi connectivity index (χ0) is 16.7. The maximum Gasteiger partial charge on any atom is 0.250 e. The molecule has 1 aliphatic heterocycles. The van der Waals surface area contributed by atoms with E-state index in [1.165, 1.54) is 5.56 Å². The lowest BCUT2D eigenvalue weighted by atomic mass is 9.94. The van der Waals surface area contributed by atoms with E-state index in [2.05, 4.69) is 29.3 Å². The highest BCUT2D eigenvalue weighted by atomic mass is 16.5. The minimum absolute atomic E-state index is 0.260. The fourth-order valence-corrected chi connectivity index (χ4v) is 4.17. The molecule has 1 saturated heterocycles. The summed E-state index contributed by atoms with van der Waals surface area (Å²) in [6.07, 6.45) is 5.52. The first-order chi connectivity index (χ1) is 11.7. The first-order valence-electron chi connectivity index (χ1n) is 9.03. The molecule has 2 atom stereocenters. The van der Waals surface area contributed by atoms with Crippen LogP contribution in [0.25, 0.3) is 0 Å². The van der Waals surface area contributed by atoms with Crippen molar-refractivity contribution in [3.05, 3.63) is 41.0 Å². The lowest BCUT2D eigenvalue weighted by Crippen LogP contribution is -2.36. The summed E-state index contributed by atoms with van der Waals surface area (Å²) in [5.74, 6) is 2.21. The van der Waals surface area contributed by atoms with Gasteiger partial charge in [0.1, 0.15) is 5.75 Å². The molecule has 2 unspecified atom stereocenters. The molecule has 1 N–H and O–H groups in total. The number of allylic oxidation sites excluding steroid dienone is 1. The van der Waals surface area contributed by atoms with Crippen molar-refractivity contribution in [1.29, 1.82) is 0 Å². The molecule has 0 aromatic heterocycles. The molecule has 24 heavy (non-hydrogen) atoms. The molecule has 1 saturated carbocycles. The molecule has 128 valence electrons. The van der Waals surface area contributed by atoms with Gasteiger partial charge in [-0.15, -0.1) is 0 Å². The summed E-state index contributed by atoms with van der Waals surface area (Å²) in [5.41, 5.74) is 3.38. The van der Waals surface area contributed by atoms with Crippen LogP contribution in [0.4, 0.5) is 0 Å². The Hall–Kier alpha value is -1.81. The van der Waals surface area contributed by atoms with Crippen LogP contribution in [0.3, 0.4) is 0 Å². The number of carbonyl (C=O) groups is 1. The Kier molecular flexibility index (Phi) is 4.09. The molecule has 1 aromatic rings. The standard InChI is InChI=1S/C20H26N2O2/c1-13-15(4-3-5-19(13)24-2)12-22(16-7-8-16)20(23)17-9-6-14-10-21-11-18(14)17/h3-5,9,14,16,18,21H,6-8,10-12H2,1-2H3. The first-order valence-corrected chi connectivity index (χ1v) is 9.03. The molecule has 4 rings (SSSR count). The largest absolute Gasteiger partial charge is 0.496 e. The quantitative estimate of drug-likeness (QED) is 0.904. The molecule has 4 nitrogen and oxygen atoms in total. The van der Waals surface area contributed by atoms with E-state index in [0.29, 0.717) is 24.4 Å². The number of hydrogen-bond donors (Lipinski definition) is 1. The predicted octanol–water partition coefficient (Wildman–Crippen LogP) is 2.66. The van der Waals surface area contributed by atoms with E-state index in [4.69, 9.17) is 4.74 Å². The fourth-order valence-electron chi connectivity index (χ4n) is 4.17. The van der Waals surface area contributed by atoms with Gasteiger partial charge in [-0.05, 0) is 55.8 Å². The van der Waals surface area contributed by atoms with Crippen molar-refractivity contribution in [2.24, 2.45) is 11.8 Å². The summed E-state index contributed by atoms with van der Waals surface area (Å²) in [6, 6.07) is 6.53. The molecule has 0 spiro atoms. The normalized spacial score (nSPS) is 25.3. The van der Waals surface area contributed by atoms with E-state index in [1.54, 1.807) is 7.11 Å². The zero-order valence-electron chi connectivity index (χ0n) is 14.5. The molecule has 2 fully saturated rings. The van der Waals surface area contributed by atoms with Crippen molar-refractivity contribution >= 4 is 5.91 Å². The Balaban J connectivity index is 1.56. The number of benzene rings is 1. The molecular weight excluding hydrogens is 300 g/mol. The monoisotopic (exact) mass is 326 g/mol. The van der Waals surface area contributed by atoms with Crippen LogP contribution in [0.2, 0.25) is 0 Å². The van der Waals surface area contributed by atoms with Crippen LogP contribution < -0.4 is 10.1 Å². The lowest BCUT2D eigenvalue weighted by Gasteiger charge is -2.26. The summed E-state index contributed by atoms with van der Waals surface area (Å²) in [5, 5.41) is 3.44. The molecule has 4 heteroatoms. The third kappa shape index (κ3) is 2.73. The van der Waals surface area contributed by atoms with E-state index in [1.807, 2.05) is 12.1 Å². The van der Waals surface area contributed by atoms with Gasteiger partial charge in [0.05, 0.1) is 7.11 Å². The van der Waals surface area contributed by atoms with Crippen LogP contribution >= 0.6 is 0 Å². The summed E-state index contributed by atoms with van der Waals surface area (Å²) < 4.78 is 5.44. The van der Waals surface area contributed by atoms with Crippen molar-refractivity contribution in [1.82, 2.24) is 10.2 Å². The first kappa shape index (κ1) is 15.7. The lowest BCUT2D eigenvalue weighted by molar-refractivity contribution is -0.128. The van der Waals surface area contributed by atoms with E-state index >= 15 is 0 Å². The van der Waals surface area contributed by atoms with Gasteiger partial charge >= 0.3 is 0 Å².